The standard InChI is InChI=1S/C30H23ClFN3O2/c31-26-9-10-27-22(15-26)7-8-24(28(27)32)18-35-30(37)25-14-21(16-33-17-25)12-19-3-5-20(6-4-19)13-23-2-1-11-34-29(23)36/h1-11,14-17H,12-13,18H2,(H,34,36)(H,35,37). The summed E-state index contributed by atoms with van der Waals surface area (Å²) in [4.78, 5) is 31.6. The maximum atomic E-state index is 14.9. The van der Waals surface area contributed by atoms with Crippen LogP contribution in [0, 0.1) is 5.82 Å². The van der Waals surface area contributed by atoms with Gasteiger partial charge in [0.2, 0.25) is 0 Å². The Morgan fingerprint density at radius 3 is 2.46 bits per heavy atom. The topological polar surface area (TPSA) is 74.8 Å². The summed E-state index contributed by atoms with van der Waals surface area (Å²) in [6, 6.07) is 21.9. The van der Waals surface area contributed by atoms with Crippen molar-refractivity contribution in [2.45, 2.75) is 19.4 Å². The van der Waals surface area contributed by atoms with Crippen LogP contribution in [-0.2, 0) is 19.4 Å². The highest BCUT2D eigenvalue weighted by Crippen LogP contribution is 2.24. The third kappa shape index (κ3) is 5.76. The van der Waals surface area contributed by atoms with Crippen LogP contribution in [0.3, 0.4) is 0 Å². The van der Waals surface area contributed by atoms with E-state index in [0.717, 1.165) is 16.7 Å². The number of aromatic nitrogens is 2. The smallest absolute Gasteiger partial charge is 0.253 e. The zero-order chi connectivity index (χ0) is 25.8. The quantitative estimate of drug-likeness (QED) is 0.289. The molecule has 184 valence electrons. The lowest BCUT2D eigenvalue weighted by Crippen LogP contribution is -2.23. The van der Waals surface area contributed by atoms with Crippen LogP contribution in [0.25, 0.3) is 10.8 Å². The molecule has 0 aliphatic rings. The second-order valence-corrected chi connectivity index (χ2v) is 9.30. The van der Waals surface area contributed by atoms with Gasteiger partial charge in [-0.25, -0.2) is 4.39 Å². The fourth-order valence-electron chi connectivity index (χ4n) is 4.26. The number of halogens is 2. The molecule has 7 heteroatoms. The van der Waals surface area contributed by atoms with Gasteiger partial charge in [-0.05, 0) is 58.8 Å². The molecule has 3 aromatic carbocycles. The number of carbonyl (C=O) groups is 1. The number of hydrogen-bond acceptors (Lipinski definition) is 3. The van der Waals surface area contributed by atoms with E-state index in [9.17, 15) is 14.0 Å². The van der Waals surface area contributed by atoms with E-state index in [1.165, 1.54) is 6.20 Å². The number of rotatable bonds is 7. The van der Waals surface area contributed by atoms with Crippen LogP contribution in [0.5, 0.6) is 0 Å². The number of benzene rings is 3. The van der Waals surface area contributed by atoms with Crippen molar-refractivity contribution < 1.29 is 9.18 Å². The predicted molar refractivity (Wildman–Crippen MR) is 143 cm³/mol. The molecule has 0 atom stereocenters. The Kier molecular flexibility index (Phi) is 7.10. The zero-order valence-corrected chi connectivity index (χ0v) is 20.6. The number of nitrogens with zero attached hydrogens (tertiary/aromatic N) is 1. The Morgan fingerprint density at radius 1 is 0.892 bits per heavy atom. The van der Waals surface area contributed by atoms with E-state index in [1.54, 1.807) is 48.8 Å². The van der Waals surface area contributed by atoms with Crippen LogP contribution in [-0.4, -0.2) is 15.9 Å². The Balaban J connectivity index is 1.23. The first kappa shape index (κ1) is 24.4. The highest BCUT2D eigenvalue weighted by molar-refractivity contribution is 6.31. The first-order valence-corrected chi connectivity index (χ1v) is 12.2. The minimum atomic E-state index is -0.373. The Morgan fingerprint density at radius 2 is 1.68 bits per heavy atom. The molecule has 0 saturated heterocycles. The minimum absolute atomic E-state index is 0.0547. The summed E-state index contributed by atoms with van der Waals surface area (Å²) in [7, 11) is 0. The number of carbonyl (C=O) groups excluding carboxylic acids is 1. The van der Waals surface area contributed by atoms with Crippen LogP contribution >= 0.6 is 11.6 Å². The van der Waals surface area contributed by atoms with Crippen molar-refractivity contribution in [1.29, 1.82) is 0 Å². The number of hydrogen-bond donors (Lipinski definition) is 2. The second-order valence-electron chi connectivity index (χ2n) is 8.86. The van der Waals surface area contributed by atoms with Gasteiger partial charge in [-0.15, -0.1) is 0 Å². The normalized spacial score (nSPS) is 11.0. The zero-order valence-electron chi connectivity index (χ0n) is 19.8. The summed E-state index contributed by atoms with van der Waals surface area (Å²) < 4.78 is 14.9. The van der Waals surface area contributed by atoms with E-state index in [4.69, 9.17) is 11.6 Å². The molecule has 2 heterocycles. The second kappa shape index (κ2) is 10.8. The van der Waals surface area contributed by atoms with Crippen LogP contribution in [0.15, 0.2) is 96.2 Å². The van der Waals surface area contributed by atoms with Gasteiger partial charge in [-0.1, -0.05) is 54.1 Å². The third-order valence-corrected chi connectivity index (χ3v) is 6.45. The van der Waals surface area contributed by atoms with Gasteiger partial charge >= 0.3 is 0 Å². The lowest BCUT2D eigenvalue weighted by atomic mass is 10.0. The Labute approximate surface area is 218 Å². The van der Waals surface area contributed by atoms with Crippen molar-refractivity contribution in [3.8, 4) is 0 Å². The van der Waals surface area contributed by atoms with Crippen molar-refractivity contribution in [2.24, 2.45) is 0 Å². The molecule has 2 aromatic heterocycles. The summed E-state index contributed by atoms with van der Waals surface area (Å²) >= 11 is 5.99. The average molecular weight is 512 g/mol. The summed E-state index contributed by atoms with van der Waals surface area (Å²) in [5.41, 5.74) is 4.41. The van der Waals surface area contributed by atoms with Gasteiger partial charge in [0, 0.05) is 53.1 Å². The number of fused-ring (bicyclic) bond motifs is 1. The molecule has 2 N–H and O–H groups in total. The molecule has 37 heavy (non-hydrogen) atoms. The highest BCUT2D eigenvalue weighted by Gasteiger charge is 2.12. The summed E-state index contributed by atoms with van der Waals surface area (Å²) in [6.07, 6.45) is 6.00. The van der Waals surface area contributed by atoms with E-state index in [0.29, 0.717) is 45.3 Å². The minimum Gasteiger partial charge on any atom is -0.348 e. The largest absolute Gasteiger partial charge is 0.348 e. The van der Waals surface area contributed by atoms with Gasteiger partial charge in [-0.3, -0.25) is 14.6 Å². The van der Waals surface area contributed by atoms with Crippen molar-refractivity contribution >= 4 is 28.3 Å². The summed E-state index contributed by atoms with van der Waals surface area (Å²) in [5, 5.41) is 4.49. The predicted octanol–water partition coefficient (Wildman–Crippen LogP) is 5.83. The van der Waals surface area contributed by atoms with Crippen LogP contribution < -0.4 is 10.9 Å². The first-order valence-electron chi connectivity index (χ1n) is 11.8. The highest BCUT2D eigenvalue weighted by atomic mass is 35.5. The van der Waals surface area contributed by atoms with E-state index in [-0.39, 0.29) is 23.8 Å². The molecule has 0 spiro atoms. The van der Waals surface area contributed by atoms with Gasteiger partial charge in [0.25, 0.3) is 11.5 Å². The maximum absolute atomic E-state index is 14.9. The monoisotopic (exact) mass is 511 g/mol. The van der Waals surface area contributed by atoms with Crippen molar-refractivity contribution in [1.82, 2.24) is 15.3 Å². The molecular weight excluding hydrogens is 489 g/mol. The van der Waals surface area contributed by atoms with Crippen LogP contribution in [0.2, 0.25) is 5.02 Å². The Bertz CT molecular complexity index is 1650. The summed E-state index contributed by atoms with van der Waals surface area (Å²) in [5.74, 6) is -0.699. The van der Waals surface area contributed by atoms with Gasteiger partial charge < -0.3 is 10.3 Å². The molecular formula is C30H23ClFN3O2. The molecule has 0 saturated carbocycles. The number of aromatic amines is 1. The fourth-order valence-corrected chi connectivity index (χ4v) is 4.44. The van der Waals surface area contributed by atoms with Crippen LogP contribution in [0.1, 0.15) is 38.2 Å². The molecule has 0 aliphatic heterocycles. The lowest BCUT2D eigenvalue weighted by molar-refractivity contribution is 0.0950. The van der Waals surface area contributed by atoms with Crippen molar-refractivity contribution in [2.75, 3.05) is 0 Å². The molecule has 5 aromatic rings. The molecule has 0 aliphatic carbocycles. The first-order chi connectivity index (χ1) is 18.0. The van der Waals surface area contributed by atoms with Gasteiger partial charge in [0.1, 0.15) is 5.82 Å². The maximum Gasteiger partial charge on any atom is 0.253 e. The number of amides is 1. The SMILES string of the molecule is O=C(NCc1ccc2cc(Cl)ccc2c1F)c1cncc(Cc2ccc(Cc3ccc[nH]c3=O)cc2)c1. The number of nitrogens with one attached hydrogen (secondary N) is 2. The molecule has 0 radical (unpaired) electrons. The fraction of sp³-hybridized carbons (Fsp3) is 0.100. The van der Waals surface area contributed by atoms with Crippen molar-refractivity contribution in [3.63, 3.8) is 0 Å². The van der Waals surface area contributed by atoms with E-state index in [1.807, 2.05) is 36.4 Å². The Hall–Kier alpha value is -4.29. The van der Waals surface area contributed by atoms with Crippen molar-refractivity contribution in [3.05, 3.63) is 146 Å². The van der Waals surface area contributed by atoms with E-state index >= 15 is 0 Å². The van der Waals surface area contributed by atoms with E-state index in [2.05, 4.69) is 15.3 Å². The molecule has 0 unspecified atom stereocenters. The van der Waals surface area contributed by atoms with Gasteiger partial charge in [0.05, 0.1) is 5.56 Å². The molecule has 1 amide bonds. The van der Waals surface area contributed by atoms with Gasteiger partial charge in [0.15, 0.2) is 0 Å². The number of H-pyrrole nitrogens is 1. The lowest BCUT2D eigenvalue weighted by Gasteiger charge is -2.10. The third-order valence-electron chi connectivity index (χ3n) is 6.22. The summed E-state index contributed by atoms with van der Waals surface area (Å²) in [6.45, 7) is 0.0547. The molecule has 0 fully saturated rings. The van der Waals surface area contributed by atoms with E-state index < -0.39 is 0 Å². The average Bonchev–Trinajstić information content (AvgIpc) is 2.90. The van der Waals surface area contributed by atoms with Crippen LogP contribution in [0.4, 0.5) is 4.39 Å². The van der Waals surface area contributed by atoms with Gasteiger partial charge in [-0.2, -0.15) is 0 Å². The molecule has 5 rings (SSSR count). The molecule has 5 nitrogen and oxygen atoms in total. The molecule has 0 bridgehead atoms. The number of pyridine rings is 2.